The molecule has 4 unspecified atom stereocenters. The standard InChI is InChI=1S/C80H84O16P4S4/c1-51-39-55(5)72(56(6)40-51)76(85)97(89,62-23-15-12-16-24-62)101-35-31-68(81)93-47-80(48-94-69(82)32-36-102-98(90,63-25-17-13-18-26-63)77(86)73-57(7)41-52(2)42-58(73)8)49-95-70(83)33-37-103-99(91,64-27-19-14-20-28-64)79(88)75-61(11)45-54(4)46-66(75)65-29-21-22-30-67(65)100(92,104-38-34-71(84)96-50-80)78(87)74-59(9)43-53(3)44-60(74)10/h12-30,39-46H,31-38,47-50H2,1-11H3. The van der Waals surface area contributed by atoms with Crippen LogP contribution in [-0.4, -0.2) is 95.4 Å². The van der Waals surface area contributed by atoms with Crippen molar-refractivity contribution in [3.05, 3.63) is 247 Å². The van der Waals surface area contributed by atoms with E-state index in [2.05, 4.69) is 0 Å². The zero-order valence-corrected chi connectivity index (χ0v) is 66.9. The lowest BCUT2D eigenvalue weighted by molar-refractivity contribution is -0.170. The minimum Gasteiger partial charge on any atom is -0.465 e. The highest BCUT2D eigenvalue weighted by Gasteiger charge is 2.45. The average molecular weight is 1550 g/mol. The number of fused-ring (bicyclic) bond motifs is 3. The summed E-state index contributed by atoms with van der Waals surface area (Å²) in [6, 6.07) is 45.5. The lowest BCUT2D eigenvalue weighted by atomic mass is 9.92. The third kappa shape index (κ3) is 18.5. The summed E-state index contributed by atoms with van der Waals surface area (Å²) in [4.78, 5) is 118. The summed E-state index contributed by atoms with van der Waals surface area (Å²) in [5.41, 5.74) is 4.17. The van der Waals surface area contributed by atoms with Crippen molar-refractivity contribution in [3.8, 4) is 11.1 Å². The summed E-state index contributed by atoms with van der Waals surface area (Å²) in [5.74, 6) is -4.58. The lowest BCUT2D eigenvalue weighted by Gasteiger charge is -2.32. The SMILES string of the molecule is Cc1cc(C)c(C(=O)P(=O)(SCCC(=O)OCC2(COC(=O)CCSP(=O)(C(=O)c3c(C)cc(C)cc3C)c3ccccc3)COC(=O)CCSP(=O)(c3ccccc3)C(=O)c3c(C)cc(C)cc3-c3ccccc3P(=O)(C(=O)c3c(C)cc(C)cc3C)SCCC(=O)OC2)c2ccccc2)c(C)c1. The van der Waals surface area contributed by atoms with E-state index in [1.54, 1.807) is 176 Å². The molecule has 0 bridgehead atoms. The predicted octanol–water partition coefficient (Wildman–Crippen LogP) is 17.8. The maximum Gasteiger partial charge on any atom is 0.306 e. The van der Waals surface area contributed by atoms with Gasteiger partial charge in [0.25, 0.3) is 0 Å². The van der Waals surface area contributed by atoms with Gasteiger partial charge in [-0.25, -0.2) is 0 Å². The van der Waals surface area contributed by atoms with E-state index in [1.165, 1.54) is 0 Å². The minimum absolute atomic E-state index is 0.0401. The molecule has 0 radical (unpaired) electrons. The van der Waals surface area contributed by atoms with Crippen LogP contribution in [0.3, 0.4) is 0 Å². The van der Waals surface area contributed by atoms with Gasteiger partial charge in [0.1, 0.15) is 31.8 Å². The molecule has 0 fully saturated rings. The monoisotopic (exact) mass is 1550 g/mol. The molecule has 1 aliphatic heterocycles. The van der Waals surface area contributed by atoms with Gasteiger partial charge in [0.05, 0.1) is 25.7 Å². The van der Waals surface area contributed by atoms with Crippen LogP contribution in [0.15, 0.2) is 164 Å². The second-order valence-electron chi connectivity index (χ2n) is 26.3. The van der Waals surface area contributed by atoms with Crippen LogP contribution < -0.4 is 21.2 Å². The highest BCUT2D eigenvalue weighted by atomic mass is 32.7. The number of aryl methyl sites for hydroxylation is 11. The normalized spacial score (nSPS) is 18.8. The molecule has 104 heavy (non-hydrogen) atoms. The molecule has 0 aromatic heterocycles. The van der Waals surface area contributed by atoms with Crippen molar-refractivity contribution < 1.29 is 75.6 Å². The van der Waals surface area contributed by atoms with Crippen molar-refractivity contribution in [1.29, 1.82) is 0 Å². The van der Waals surface area contributed by atoms with Crippen molar-refractivity contribution in [3.63, 3.8) is 0 Å². The van der Waals surface area contributed by atoms with Gasteiger partial charge in [-0.1, -0.05) is 226 Å². The van der Waals surface area contributed by atoms with E-state index in [9.17, 15) is 28.8 Å². The van der Waals surface area contributed by atoms with Crippen LogP contribution in [0.2, 0.25) is 0 Å². The molecule has 24 heteroatoms. The van der Waals surface area contributed by atoms with Crippen LogP contribution in [0, 0.1) is 81.6 Å². The summed E-state index contributed by atoms with van der Waals surface area (Å²) < 4.78 is 87.2. The molecule has 544 valence electrons. The summed E-state index contributed by atoms with van der Waals surface area (Å²) in [5, 5.41) is 0.761. The first kappa shape index (κ1) is 80.7. The molecule has 1 aliphatic rings. The van der Waals surface area contributed by atoms with Crippen LogP contribution in [0.5, 0.6) is 0 Å². The van der Waals surface area contributed by atoms with E-state index in [4.69, 9.17) is 18.9 Å². The Kier molecular flexibility index (Phi) is 27.1. The molecule has 8 aromatic rings. The van der Waals surface area contributed by atoms with Gasteiger partial charge in [0.2, 0.25) is 47.5 Å². The Balaban J connectivity index is 1.08. The molecule has 1 heterocycles. The number of carbonyl (C=O) groups excluding carboxylic acids is 8. The Hall–Kier alpha value is -7.36. The number of hydrogen-bond acceptors (Lipinski definition) is 20. The number of ether oxygens (including phenoxy) is 4. The van der Waals surface area contributed by atoms with Crippen molar-refractivity contribution >= 4 is 138 Å². The topological polar surface area (TPSA) is 242 Å². The maximum atomic E-state index is 16.6. The Morgan fingerprint density at radius 2 is 0.846 bits per heavy atom. The molecular formula is C80H84O16P4S4. The number of hydrogen-bond donors (Lipinski definition) is 0. The summed E-state index contributed by atoms with van der Waals surface area (Å²) in [7, 11) is 0. The molecule has 0 saturated heterocycles. The molecule has 0 spiro atoms. The van der Waals surface area contributed by atoms with E-state index in [0.717, 1.165) is 62.2 Å². The third-order valence-corrected chi connectivity index (χ3v) is 38.7. The molecule has 4 atom stereocenters. The fourth-order valence-electron chi connectivity index (χ4n) is 12.9. The molecule has 0 N–H and O–H groups in total. The van der Waals surface area contributed by atoms with Gasteiger partial charge in [0.15, 0.2) is 0 Å². The molecule has 0 amide bonds. The fraction of sp³-hybridized carbons (Fsp3) is 0.300. The number of rotatable bonds is 21. The Labute approximate surface area is 624 Å². The third-order valence-electron chi connectivity index (χ3n) is 17.7. The van der Waals surface area contributed by atoms with Crippen LogP contribution in [0.4, 0.5) is 0 Å². The summed E-state index contributed by atoms with van der Waals surface area (Å²) in [6.45, 7) is 16.7. The van der Waals surface area contributed by atoms with Crippen molar-refractivity contribution in [2.24, 2.45) is 5.41 Å². The smallest absolute Gasteiger partial charge is 0.306 e. The maximum absolute atomic E-state index is 16.6. The van der Waals surface area contributed by atoms with E-state index in [0.29, 0.717) is 55.6 Å². The van der Waals surface area contributed by atoms with Gasteiger partial charge < -0.3 is 18.9 Å². The minimum atomic E-state index is -4.50. The highest BCUT2D eigenvalue weighted by Crippen LogP contribution is 2.65. The molecule has 0 aliphatic carbocycles. The molecule has 9 rings (SSSR count). The second-order valence-corrected chi connectivity index (χ2v) is 46.3. The average Bonchev–Trinajstić information content (AvgIpc) is 0.746. The Bertz CT molecular complexity index is 4650. The van der Waals surface area contributed by atoms with Gasteiger partial charge in [0, 0.05) is 66.5 Å². The van der Waals surface area contributed by atoms with Crippen LogP contribution >= 0.6 is 70.9 Å². The number of cyclic esters (lactones) is 2. The van der Waals surface area contributed by atoms with Crippen LogP contribution in [0.1, 0.15) is 128 Å². The zero-order valence-electron chi connectivity index (χ0n) is 60.0. The number of benzene rings is 8. The van der Waals surface area contributed by atoms with Gasteiger partial charge in [-0.15, -0.1) is 0 Å². The van der Waals surface area contributed by atoms with Gasteiger partial charge >= 0.3 is 23.9 Å². The highest BCUT2D eigenvalue weighted by molar-refractivity contribution is 8.66. The van der Waals surface area contributed by atoms with E-state index < -0.39 is 129 Å². The van der Waals surface area contributed by atoms with Crippen molar-refractivity contribution in [2.45, 2.75) is 102 Å². The first-order valence-corrected chi connectivity index (χ1v) is 47.0. The van der Waals surface area contributed by atoms with Crippen molar-refractivity contribution in [1.82, 2.24) is 0 Å². The molecule has 8 aromatic carbocycles. The lowest BCUT2D eigenvalue weighted by Crippen LogP contribution is -2.44. The Morgan fingerprint density at radius 1 is 0.471 bits per heavy atom. The van der Waals surface area contributed by atoms with E-state index in [-0.39, 0.29) is 66.5 Å². The van der Waals surface area contributed by atoms with Gasteiger partial charge in [-0.2, -0.15) is 0 Å². The quantitative estimate of drug-likeness (QED) is 0.0369. The molecule has 0 saturated carbocycles. The first-order valence-electron chi connectivity index (χ1n) is 33.8. The van der Waals surface area contributed by atoms with E-state index >= 15 is 27.8 Å². The van der Waals surface area contributed by atoms with Crippen LogP contribution in [0.25, 0.3) is 11.1 Å². The van der Waals surface area contributed by atoms with Crippen LogP contribution in [-0.2, 0) is 56.4 Å². The summed E-state index contributed by atoms with van der Waals surface area (Å²) >= 11 is 3.10. The predicted molar refractivity (Wildman–Crippen MR) is 423 cm³/mol. The Morgan fingerprint density at radius 3 is 1.29 bits per heavy atom. The number of carbonyl (C=O) groups is 8. The first-order chi connectivity index (χ1) is 49.3. The molecular weight excluding hydrogens is 1470 g/mol. The van der Waals surface area contributed by atoms with Crippen molar-refractivity contribution in [2.75, 3.05) is 49.4 Å². The second kappa shape index (κ2) is 34.9. The molecule has 16 nitrogen and oxygen atoms in total. The largest absolute Gasteiger partial charge is 0.465 e. The van der Waals surface area contributed by atoms with E-state index in [1.807, 2.05) is 64.1 Å². The fourth-order valence-corrected chi connectivity index (χ4v) is 32.0. The number of esters is 4. The zero-order chi connectivity index (χ0) is 75.5. The summed E-state index contributed by atoms with van der Waals surface area (Å²) in [6.07, 6.45) is -18.7. The van der Waals surface area contributed by atoms with Gasteiger partial charge in [-0.05, 0) is 132 Å². The van der Waals surface area contributed by atoms with Gasteiger partial charge in [-0.3, -0.25) is 56.6 Å².